The van der Waals surface area contributed by atoms with Crippen LogP contribution in [-0.2, 0) is 20.9 Å². The van der Waals surface area contributed by atoms with E-state index in [1.807, 2.05) is 13.8 Å². The van der Waals surface area contributed by atoms with Gasteiger partial charge in [-0.2, -0.15) is 0 Å². The molecule has 1 unspecified atom stereocenters. The maximum Gasteiger partial charge on any atom is 0.252 e. The lowest BCUT2D eigenvalue weighted by Crippen LogP contribution is -2.55. The molecule has 37 heavy (non-hydrogen) atoms. The van der Waals surface area contributed by atoms with Gasteiger partial charge in [0.25, 0.3) is 5.91 Å². The van der Waals surface area contributed by atoms with E-state index in [0.29, 0.717) is 12.8 Å². The molecule has 0 aliphatic carbocycles. The zero-order valence-corrected chi connectivity index (χ0v) is 21.0. The first kappa shape index (κ1) is 30.7. The van der Waals surface area contributed by atoms with Gasteiger partial charge in [-0.3, -0.25) is 9.59 Å². The summed E-state index contributed by atoms with van der Waals surface area (Å²) in [7, 11) is 1.09. The fraction of sp³-hybridized carbons (Fsp3) is 0.600. The lowest BCUT2D eigenvalue weighted by Gasteiger charge is -2.29. The molecule has 1 aromatic rings. The topological polar surface area (TPSA) is 119 Å². The molecule has 208 valence electrons. The summed E-state index contributed by atoms with van der Waals surface area (Å²) in [5, 5.41) is 33.3. The predicted octanol–water partition coefficient (Wildman–Crippen LogP) is 1.94. The Bertz CT molecular complexity index is 953. The van der Waals surface area contributed by atoms with Gasteiger partial charge < -0.3 is 30.3 Å². The molecule has 12 heteroatoms. The SMILES string of the molecule is CCC(C)/C=C/[C@@H](O)[C@H](O)[C@@H](O)[C@@H](OC)C(=O)N[C@H]1CCCCN(Cc2c(F)c(F)cc(F)c2F)C1=O. The van der Waals surface area contributed by atoms with Crippen molar-refractivity contribution in [1.29, 1.82) is 0 Å². The summed E-state index contributed by atoms with van der Waals surface area (Å²) >= 11 is 0. The van der Waals surface area contributed by atoms with Crippen LogP contribution < -0.4 is 5.32 Å². The summed E-state index contributed by atoms with van der Waals surface area (Å²) in [6.07, 6.45) is -2.13. The maximum atomic E-state index is 14.2. The second-order valence-electron chi connectivity index (χ2n) is 9.16. The molecule has 0 saturated carbocycles. The number of likely N-dealkylation sites (tertiary alicyclic amines) is 1. The number of aliphatic hydroxyl groups is 3. The molecule has 1 saturated heterocycles. The highest BCUT2D eigenvalue weighted by atomic mass is 19.2. The van der Waals surface area contributed by atoms with E-state index < -0.39 is 77.6 Å². The Hall–Kier alpha value is -2.54. The van der Waals surface area contributed by atoms with Crippen LogP contribution in [0, 0.1) is 29.2 Å². The van der Waals surface area contributed by atoms with Gasteiger partial charge in [-0.1, -0.05) is 32.4 Å². The Morgan fingerprint density at radius 1 is 1.14 bits per heavy atom. The van der Waals surface area contributed by atoms with E-state index in [0.717, 1.165) is 18.4 Å². The maximum absolute atomic E-state index is 14.2. The van der Waals surface area contributed by atoms with Crippen LogP contribution in [0.3, 0.4) is 0 Å². The number of halogens is 4. The number of allylic oxidation sites excluding steroid dienone is 1. The van der Waals surface area contributed by atoms with Gasteiger partial charge in [-0.05, 0) is 25.2 Å². The van der Waals surface area contributed by atoms with Crippen molar-refractivity contribution in [2.75, 3.05) is 13.7 Å². The largest absolute Gasteiger partial charge is 0.387 e. The van der Waals surface area contributed by atoms with E-state index >= 15 is 0 Å². The number of methoxy groups -OCH3 is 1. The first-order chi connectivity index (χ1) is 17.4. The van der Waals surface area contributed by atoms with Crippen molar-refractivity contribution in [2.24, 2.45) is 5.92 Å². The zero-order chi connectivity index (χ0) is 27.9. The van der Waals surface area contributed by atoms with Crippen LogP contribution in [0.5, 0.6) is 0 Å². The summed E-state index contributed by atoms with van der Waals surface area (Å²) in [6.45, 7) is 3.07. The first-order valence-electron chi connectivity index (χ1n) is 12.1. The number of nitrogens with one attached hydrogen (secondary N) is 1. The van der Waals surface area contributed by atoms with Crippen molar-refractivity contribution in [1.82, 2.24) is 10.2 Å². The average molecular weight is 535 g/mol. The molecule has 6 atom stereocenters. The minimum absolute atomic E-state index is 0.0198. The average Bonchev–Trinajstić information content (AvgIpc) is 3.04. The van der Waals surface area contributed by atoms with Crippen molar-refractivity contribution < 1.29 is 47.2 Å². The lowest BCUT2D eigenvalue weighted by atomic mass is 9.99. The lowest BCUT2D eigenvalue weighted by molar-refractivity contribution is -0.151. The van der Waals surface area contributed by atoms with Crippen LogP contribution in [0.2, 0.25) is 0 Å². The molecular weight excluding hydrogens is 500 g/mol. The number of amides is 2. The summed E-state index contributed by atoms with van der Waals surface area (Å²) < 4.78 is 60.5. The number of carbonyl (C=O) groups is 2. The minimum atomic E-state index is -1.86. The van der Waals surface area contributed by atoms with Crippen LogP contribution in [0.25, 0.3) is 0 Å². The molecule has 0 aromatic heterocycles. The molecule has 1 aromatic carbocycles. The van der Waals surface area contributed by atoms with Crippen LogP contribution >= 0.6 is 0 Å². The number of carbonyl (C=O) groups excluding carboxylic acids is 2. The Morgan fingerprint density at radius 3 is 2.32 bits per heavy atom. The molecule has 1 fully saturated rings. The summed E-state index contributed by atoms with van der Waals surface area (Å²) in [5.74, 6) is -8.05. The predicted molar refractivity (Wildman–Crippen MR) is 125 cm³/mol. The monoisotopic (exact) mass is 534 g/mol. The number of aliphatic hydroxyl groups excluding tert-OH is 3. The summed E-state index contributed by atoms with van der Waals surface area (Å²) in [6, 6.07) is -1.12. The second kappa shape index (κ2) is 13.8. The van der Waals surface area contributed by atoms with Crippen molar-refractivity contribution in [2.45, 2.75) is 76.5 Å². The Kier molecular flexibility index (Phi) is 11.5. The Morgan fingerprint density at radius 2 is 1.76 bits per heavy atom. The van der Waals surface area contributed by atoms with Gasteiger partial charge in [0.15, 0.2) is 29.4 Å². The van der Waals surface area contributed by atoms with Crippen LogP contribution in [0.15, 0.2) is 18.2 Å². The Balaban J connectivity index is 2.14. The number of benzene rings is 1. The summed E-state index contributed by atoms with van der Waals surface area (Å²) in [5.41, 5.74) is -0.953. The summed E-state index contributed by atoms with van der Waals surface area (Å²) in [4.78, 5) is 26.9. The molecule has 1 heterocycles. The third kappa shape index (κ3) is 7.73. The fourth-order valence-electron chi connectivity index (χ4n) is 3.94. The normalized spacial score (nSPS) is 20.9. The van der Waals surface area contributed by atoms with E-state index in [1.165, 1.54) is 6.08 Å². The zero-order valence-electron chi connectivity index (χ0n) is 21.0. The highest BCUT2D eigenvalue weighted by Gasteiger charge is 2.38. The van der Waals surface area contributed by atoms with Gasteiger partial charge in [0, 0.05) is 25.3 Å². The molecule has 0 radical (unpaired) electrons. The van der Waals surface area contributed by atoms with Crippen molar-refractivity contribution >= 4 is 11.8 Å². The van der Waals surface area contributed by atoms with E-state index in [2.05, 4.69) is 5.32 Å². The number of nitrogens with zero attached hydrogens (tertiary/aromatic N) is 1. The van der Waals surface area contributed by atoms with Gasteiger partial charge in [0.2, 0.25) is 5.91 Å². The highest BCUT2D eigenvalue weighted by Crippen LogP contribution is 2.23. The van der Waals surface area contributed by atoms with Crippen LogP contribution in [-0.4, -0.2) is 76.1 Å². The molecule has 0 spiro atoms. The molecular formula is C25H34F4N2O6. The highest BCUT2D eigenvalue weighted by molar-refractivity contribution is 5.89. The number of hydrogen-bond acceptors (Lipinski definition) is 6. The van der Waals surface area contributed by atoms with Crippen molar-refractivity contribution in [3.63, 3.8) is 0 Å². The smallest absolute Gasteiger partial charge is 0.252 e. The molecule has 1 aliphatic heterocycles. The van der Waals surface area contributed by atoms with E-state index in [4.69, 9.17) is 4.74 Å². The number of rotatable bonds is 11. The molecule has 8 nitrogen and oxygen atoms in total. The van der Waals surface area contributed by atoms with E-state index in [-0.39, 0.29) is 24.9 Å². The van der Waals surface area contributed by atoms with Gasteiger partial charge >= 0.3 is 0 Å². The molecule has 0 bridgehead atoms. The van der Waals surface area contributed by atoms with Gasteiger partial charge in [0.05, 0.1) is 6.54 Å². The standard InChI is InChI=1S/C25H34F4N2O6/c1-4-13(2)8-9-18(32)21(33)22(34)23(37-3)24(35)30-17-7-5-6-10-31(25(17)36)12-14-19(28)15(26)11-16(27)20(14)29/h8-9,11,13,17-18,21-23,32-34H,4-7,10,12H2,1-3H3,(H,30,35)/b9-8+/t13?,17-,18+,21-,22+,23+/m0/s1. The van der Waals surface area contributed by atoms with Crippen molar-refractivity contribution in [3.05, 3.63) is 47.1 Å². The number of ether oxygens (including phenoxy) is 1. The minimum Gasteiger partial charge on any atom is -0.387 e. The molecule has 2 amide bonds. The van der Waals surface area contributed by atoms with Crippen molar-refractivity contribution in [3.8, 4) is 0 Å². The van der Waals surface area contributed by atoms with E-state index in [9.17, 15) is 42.5 Å². The van der Waals surface area contributed by atoms with Gasteiger partial charge in [0.1, 0.15) is 24.4 Å². The second-order valence-corrected chi connectivity index (χ2v) is 9.16. The molecule has 4 N–H and O–H groups in total. The third-order valence-corrected chi connectivity index (χ3v) is 6.45. The van der Waals surface area contributed by atoms with Crippen LogP contribution in [0.1, 0.15) is 45.1 Å². The molecule has 1 aliphatic rings. The Labute approximate surface area is 212 Å². The van der Waals surface area contributed by atoms with Gasteiger partial charge in [-0.15, -0.1) is 0 Å². The van der Waals surface area contributed by atoms with Gasteiger partial charge in [-0.25, -0.2) is 17.6 Å². The molecule has 2 rings (SSSR count). The first-order valence-corrected chi connectivity index (χ1v) is 12.1. The number of hydrogen-bond donors (Lipinski definition) is 4. The quantitative estimate of drug-likeness (QED) is 0.196. The third-order valence-electron chi connectivity index (χ3n) is 6.45. The van der Waals surface area contributed by atoms with E-state index in [1.54, 1.807) is 6.08 Å². The van der Waals surface area contributed by atoms with Crippen LogP contribution in [0.4, 0.5) is 17.6 Å². The fourth-order valence-corrected chi connectivity index (χ4v) is 3.94.